The van der Waals surface area contributed by atoms with E-state index >= 15 is 0 Å². The summed E-state index contributed by atoms with van der Waals surface area (Å²) in [4.78, 5) is 0. The van der Waals surface area contributed by atoms with Gasteiger partial charge in [0, 0.05) is 6.61 Å². The summed E-state index contributed by atoms with van der Waals surface area (Å²) in [5, 5.41) is 9.11. The van der Waals surface area contributed by atoms with Gasteiger partial charge in [0.25, 0.3) is 0 Å². The molecule has 1 atom stereocenters. The molecule has 1 heterocycles. The Morgan fingerprint density at radius 2 is 2.29 bits per heavy atom. The Bertz CT molecular complexity index is 358. The van der Waals surface area contributed by atoms with Crippen molar-refractivity contribution in [3.63, 3.8) is 0 Å². The van der Waals surface area contributed by atoms with Crippen molar-refractivity contribution in [2.24, 2.45) is 0 Å². The molecule has 0 aromatic heterocycles. The predicted molar refractivity (Wildman–Crippen MR) is 63.4 cm³/mol. The van der Waals surface area contributed by atoms with Gasteiger partial charge in [-0.05, 0) is 30.5 Å². The van der Waals surface area contributed by atoms with E-state index in [4.69, 9.17) is 19.3 Å². The second kappa shape index (κ2) is 5.89. The molecule has 0 aliphatic carbocycles. The Morgan fingerprint density at radius 1 is 1.41 bits per heavy atom. The Morgan fingerprint density at radius 3 is 2.94 bits per heavy atom. The van der Waals surface area contributed by atoms with Gasteiger partial charge >= 0.3 is 0 Å². The van der Waals surface area contributed by atoms with E-state index in [1.54, 1.807) is 7.11 Å². The Labute approximate surface area is 101 Å². The van der Waals surface area contributed by atoms with Crippen LogP contribution in [0.3, 0.4) is 0 Å². The lowest BCUT2D eigenvalue weighted by molar-refractivity contribution is 0.00637. The first kappa shape index (κ1) is 12.2. The number of methoxy groups -OCH3 is 1. The second-order valence-corrected chi connectivity index (χ2v) is 4.10. The van der Waals surface area contributed by atoms with Gasteiger partial charge in [0.1, 0.15) is 6.10 Å². The van der Waals surface area contributed by atoms with Crippen LogP contribution in [0.15, 0.2) is 18.2 Å². The molecule has 1 saturated heterocycles. The first-order valence-corrected chi connectivity index (χ1v) is 5.85. The minimum absolute atomic E-state index is 0.00151. The Balaban J connectivity index is 2.11. The molecule has 4 heteroatoms. The van der Waals surface area contributed by atoms with Crippen LogP contribution in [-0.4, -0.2) is 31.5 Å². The van der Waals surface area contributed by atoms with Gasteiger partial charge in [-0.25, -0.2) is 0 Å². The van der Waals surface area contributed by atoms with Crippen molar-refractivity contribution in [2.75, 3.05) is 20.3 Å². The van der Waals surface area contributed by atoms with E-state index in [0.717, 1.165) is 25.0 Å². The van der Waals surface area contributed by atoms with E-state index in [9.17, 15) is 0 Å². The number of hydrogen-bond donors (Lipinski definition) is 1. The summed E-state index contributed by atoms with van der Waals surface area (Å²) in [5.74, 6) is 1.36. The van der Waals surface area contributed by atoms with E-state index in [-0.39, 0.29) is 12.7 Å². The molecular formula is C13H18O4. The minimum atomic E-state index is 0.00151. The molecule has 0 saturated carbocycles. The van der Waals surface area contributed by atoms with E-state index in [0.29, 0.717) is 18.1 Å². The summed E-state index contributed by atoms with van der Waals surface area (Å²) in [6.45, 7) is 1.43. The molecule has 94 valence electrons. The van der Waals surface area contributed by atoms with Crippen molar-refractivity contribution >= 4 is 0 Å². The molecule has 1 fully saturated rings. The van der Waals surface area contributed by atoms with Crippen LogP contribution in [-0.2, 0) is 11.3 Å². The molecule has 1 aromatic carbocycles. The molecule has 17 heavy (non-hydrogen) atoms. The van der Waals surface area contributed by atoms with Gasteiger partial charge in [-0.15, -0.1) is 0 Å². The zero-order valence-corrected chi connectivity index (χ0v) is 10.0. The van der Waals surface area contributed by atoms with E-state index in [1.807, 2.05) is 18.2 Å². The number of ether oxygens (including phenoxy) is 3. The molecule has 4 nitrogen and oxygen atoms in total. The molecular weight excluding hydrogens is 220 g/mol. The summed E-state index contributed by atoms with van der Waals surface area (Å²) in [6, 6.07) is 5.45. The average Bonchev–Trinajstić information content (AvgIpc) is 2.40. The summed E-state index contributed by atoms with van der Waals surface area (Å²) < 4.78 is 16.5. The van der Waals surface area contributed by atoms with Crippen molar-refractivity contribution in [3.8, 4) is 11.5 Å². The fraction of sp³-hybridized carbons (Fsp3) is 0.538. The van der Waals surface area contributed by atoms with Gasteiger partial charge in [0.15, 0.2) is 11.5 Å². The second-order valence-electron chi connectivity index (χ2n) is 4.10. The fourth-order valence-corrected chi connectivity index (χ4v) is 1.90. The third-order valence-corrected chi connectivity index (χ3v) is 2.82. The summed E-state index contributed by atoms with van der Waals surface area (Å²) in [5.41, 5.74) is 0.817. The highest BCUT2D eigenvalue weighted by Crippen LogP contribution is 2.30. The molecule has 0 radical (unpaired) electrons. The van der Waals surface area contributed by atoms with E-state index in [2.05, 4.69) is 0 Å². The van der Waals surface area contributed by atoms with Crippen LogP contribution < -0.4 is 9.47 Å². The topological polar surface area (TPSA) is 47.9 Å². The largest absolute Gasteiger partial charge is 0.493 e. The van der Waals surface area contributed by atoms with Gasteiger partial charge in [0.05, 0.1) is 20.3 Å². The van der Waals surface area contributed by atoms with Crippen LogP contribution in [0.25, 0.3) is 0 Å². The van der Waals surface area contributed by atoms with E-state index in [1.165, 1.54) is 0 Å². The molecule has 1 aliphatic rings. The number of hydrogen-bond acceptors (Lipinski definition) is 4. The average molecular weight is 238 g/mol. The van der Waals surface area contributed by atoms with Gasteiger partial charge in [-0.1, -0.05) is 6.07 Å². The molecule has 0 amide bonds. The van der Waals surface area contributed by atoms with Gasteiger partial charge in [0.2, 0.25) is 0 Å². The third-order valence-electron chi connectivity index (χ3n) is 2.82. The van der Waals surface area contributed by atoms with Crippen LogP contribution in [0.4, 0.5) is 0 Å². The maximum absolute atomic E-state index is 9.11. The summed E-state index contributed by atoms with van der Waals surface area (Å²) in [7, 11) is 1.61. The predicted octanol–water partition coefficient (Wildman–Crippen LogP) is 1.75. The lowest BCUT2D eigenvalue weighted by Gasteiger charge is -2.24. The Hall–Kier alpha value is -1.26. The normalized spacial score (nSPS) is 20.0. The van der Waals surface area contributed by atoms with E-state index < -0.39 is 0 Å². The lowest BCUT2D eigenvalue weighted by Crippen LogP contribution is -2.28. The van der Waals surface area contributed by atoms with Crippen molar-refractivity contribution in [3.05, 3.63) is 23.8 Å². The van der Waals surface area contributed by atoms with Gasteiger partial charge in [-0.3, -0.25) is 0 Å². The number of aliphatic hydroxyl groups excluding tert-OH is 1. The van der Waals surface area contributed by atoms with Crippen LogP contribution in [0.2, 0.25) is 0 Å². The summed E-state index contributed by atoms with van der Waals surface area (Å²) in [6.07, 6.45) is 2.09. The molecule has 0 spiro atoms. The highest BCUT2D eigenvalue weighted by Gasteiger charge is 2.17. The molecule has 2 rings (SSSR count). The smallest absolute Gasteiger partial charge is 0.162 e. The first-order valence-electron chi connectivity index (χ1n) is 5.85. The monoisotopic (exact) mass is 238 g/mol. The van der Waals surface area contributed by atoms with Crippen LogP contribution >= 0.6 is 0 Å². The standard InChI is InChI=1S/C13H18O4/c1-15-12-5-4-10(8-14)7-13(12)17-11-3-2-6-16-9-11/h4-5,7,11,14H,2-3,6,8-9H2,1H3. The number of benzene rings is 1. The van der Waals surface area contributed by atoms with Crippen LogP contribution in [0.1, 0.15) is 18.4 Å². The van der Waals surface area contributed by atoms with Crippen LogP contribution in [0, 0.1) is 0 Å². The zero-order valence-electron chi connectivity index (χ0n) is 10.0. The van der Waals surface area contributed by atoms with Crippen molar-refractivity contribution < 1.29 is 19.3 Å². The SMILES string of the molecule is COc1ccc(CO)cc1OC1CCCOC1. The third kappa shape index (κ3) is 3.11. The lowest BCUT2D eigenvalue weighted by atomic mass is 10.1. The maximum Gasteiger partial charge on any atom is 0.162 e. The van der Waals surface area contributed by atoms with Crippen molar-refractivity contribution in [1.82, 2.24) is 0 Å². The minimum Gasteiger partial charge on any atom is -0.493 e. The highest BCUT2D eigenvalue weighted by atomic mass is 16.5. The van der Waals surface area contributed by atoms with Crippen molar-refractivity contribution in [2.45, 2.75) is 25.6 Å². The molecule has 1 unspecified atom stereocenters. The van der Waals surface area contributed by atoms with Gasteiger partial charge < -0.3 is 19.3 Å². The molecule has 0 bridgehead atoms. The zero-order chi connectivity index (χ0) is 12.1. The quantitative estimate of drug-likeness (QED) is 0.868. The first-order chi connectivity index (χ1) is 8.33. The molecule has 1 aliphatic heterocycles. The maximum atomic E-state index is 9.11. The number of rotatable bonds is 4. The van der Waals surface area contributed by atoms with Crippen molar-refractivity contribution in [1.29, 1.82) is 0 Å². The highest BCUT2D eigenvalue weighted by molar-refractivity contribution is 5.42. The fourth-order valence-electron chi connectivity index (χ4n) is 1.90. The Kier molecular flexibility index (Phi) is 4.23. The molecule has 1 N–H and O–H groups in total. The number of aliphatic hydroxyl groups is 1. The summed E-state index contributed by atoms with van der Waals surface area (Å²) >= 11 is 0. The van der Waals surface area contributed by atoms with Gasteiger partial charge in [-0.2, -0.15) is 0 Å². The van der Waals surface area contributed by atoms with Crippen LogP contribution in [0.5, 0.6) is 11.5 Å². The molecule has 1 aromatic rings.